The molecule has 2 atom stereocenters. The highest BCUT2D eigenvalue weighted by Crippen LogP contribution is 2.21. The molecule has 2 aliphatic heterocycles. The van der Waals surface area contributed by atoms with Gasteiger partial charge in [0.2, 0.25) is 0 Å². The molecule has 156 valence electrons. The highest BCUT2D eigenvalue weighted by molar-refractivity contribution is 5.73. The molecule has 0 spiro atoms. The molecule has 2 N–H and O–H groups in total. The number of morpholine rings is 1. The highest BCUT2D eigenvalue weighted by Gasteiger charge is 2.33. The van der Waals surface area contributed by atoms with Crippen molar-refractivity contribution in [3.63, 3.8) is 0 Å². The lowest BCUT2D eigenvalue weighted by Crippen LogP contribution is -2.59. The predicted octanol–water partition coefficient (Wildman–Crippen LogP) is 2.23. The second-order valence-corrected chi connectivity index (χ2v) is 8.88. The third-order valence-corrected chi connectivity index (χ3v) is 5.88. The molecule has 6 heteroatoms. The Morgan fingerprint density at radius 3 is 2.54 bits per heavy atom. The average Bonchev–Trinajstić information content (AvgIpc) is 2.65. The van der Waals surface area contributed by atoms with E-state index in [2.05, 4.69) is 72.4 Å². The van der Waals surface area contributed by atoms with Crippen molar-refractivity contribution < 1.29 is 9.53 Å². The van der Waals surface area contributed by atoms with Crippen LogP contribution in [0.4, 0.5) is 4.79 Å². The van der Waals surface area contributed by atoms with Gasteiger partial charge in [0.1, 0.15) is 0 Å². The van der Waals surface area contributed by atoms with E-state index in [0.29, 0.717) is 13.1 Å². The van der Waals surface area contributed by atoms with Gasteiger partial charge in [-0.2, -0.15) is 0 Å². The number of amides is 2. The Labute approximate surface area is 169 Å². The number of carbonyl (C=O) groups excluding carboxylic acids is 1. The highest BCUT2D eigenvalue weighted by atomic mass is 16.5. The summed E-state index contributed by atoms with van der Waals surface area (Å²) in [7, 11) is 0. The molecule has 6 nitrogen and oxygen atoms in total. The van der Waals surface area contributed by atoms with Gasteiger partial charge in [0.25, 0.3) is 0 Å². The number of rotatable bonds is 6. The first kappa shape index (κ1) is 21.1. The van der Waals surface area contributed by atoms with E-state index < -0.39 is 0 Å². The Morgan fingerprint density at radius 1 is 1.14 bits per heavy atom. The number of carbonyl (C=O) groups is 1. The summed E-state index contributed by atoms with van der Waals surface area (Å²) < 4.78 is 5.82. The van der Waals surface area contributed by atoms with Crippen LogP contribution in [-0.2, 0) is 17.7 Å². The third-order valence-electron chi connectivity index (χ3n) is 5.88. The molecule has 1 fully saturated rings. The summed E-state index contributed by atoms with van der Waals surface area (Å²) in [4.78, 5) is 17.1. The molecule has 2 amide bonds. The fraction of sp³-hybridized carbons (Fsp3) is 0.682. The molecule has 1 saturated heterocycles. The van der Waals surface area contributed by atoms with E-state index in [1.54, 1.807) is 0 Å². The zero-order chi connectivity index (χ0) is 20.1. The Kier molecular flexibility index (Phi) is 6.96. The molecule has 0 saturated carbocycles. The van der Waals surface area contributed by atoms with Gasteiger partial charge in [0.05, 0.1) is 12.2 Å². The van der Waals surface area contributed by atoms with Gasteiger partial charge in [0.15, 0.2) is 0 Å². The van der Waals surface area contributed by atoms with E-state index in [1.165, 1.54) is 11.1 Å². The number of urea groups is 1. The number of benzene rings is 1. The average molecular weight is 389 g/mol. The van der Waals surface area contributed by atoms with E-state index >= 15 is 0 Å². The molecule has 1 aromatic carbocycles. The fourth-order valence-corrected chi connectivity index (χ4v) is 4.22. The Hall–Kier alpha value is -1.63. The first-order chi connectivity index (χ1) is 13.3. The third kappa shape index (κ3) is 5.69. The quantitative estimate of drug-likeness (QED) is 0.785. The van der Waals surface area contributed by atoms with Gasteiger partial charge in [-0.1, -0.05) is 24.3 Å². The molecule has 28 heavy (non-hydrogen) atoms. The largest absolute Gasteiger partial charge is 0.373 e. The number of ether oxygens (including phenoxy) is 1. The molecule has 2 unspecified atom stereocenters. The van der Waals surface area contributed by atoms with Crippen molar-refractivity contribution in [1.29, 1.82) is 0 Å². The normalized spacial score (nSPS) is 23.9. The van der Waals surface area contributed by atoms with Crippen LogP contribution in [-0.4, -0.2) is 72.8 Å². The molecule has 0 aromatic heterocycles. The van der Waals surface area contributed by atoms with Crippen LogP contribution in [0.2, 0.25) is 0 Å². The van der Waals surface area contributed by atoms with Crippen molar-refractivity contribution in [2.75, 3.05) is 39.3 Å². The zero-order valence-electron chi connectivity index (χ0n) is 17.8. The van der Waals surface area contributed by atoms with Crippen molar-refractivity contribution in [2.24, 2.45) is 0 Å². The second kappa shape index (κ2) is 9.25. The lowest BCUT2D eigenvalue weighted by molar-refractivity contribution is -0.0947. The minimum Gasteiger partial charge on any atom is -0.373 e. The van der Waals surface area contributed by atoms with E-state index in [-0.39, 0.29) is 23.8 Å². The van der Waals surface area contributed by atoms with Crippen molar-refractivity contribution in [3.05, 3.63) is 35.4 Å². The lowest BCUT2D eigenvalue weighted by Gasteiger charge is -2.45. The van der Waals surface area contributed by atoms with Crippen LogP contribution in [0.5, 0.6) is 0 Å². The summed E-state index contributed by atoms with van der Waals surface area (Å²) in [6.45, 7) is 14.6. The van der Waals surface area contributed by atoms with Crippen LogP contribution >= 0.6 is 0 Å². The summed E-state index contributed by atoms with van der Waals surface area (Å²) in [6, 6.07) is 8.55. The number of nitrogens with one attached hydrogen (secondary N) is 2. The second-order valence-electron chi connectivity index (χ2n) is 8.88. The SMILES string of the molecule is CC1CN(C(C)(C)CNC(=O)NCCN2CCc3ccccc3C2)CC(C)O1. The Morgan fingerprint density at radius 2 is 1.82 bits per heavy atom. The van der Waals surface area contributed by atoms with Crippen LogP contribution in [0.25, 0.3) is 0 Å². The first-order valence-corrected chi connectivity index (χ1v) is 10.5. The van der Waals surface area contributed by atoms with Gasteiger partial charge >= 0.3 is 6.03 Å². The minimum atomic E-state index is -0.0970. The van der Waals surface area contributed by atoms with Crippen molar-refractivity contribution >= 4 is 6.03 Å². The van der Waals surface area contributed by atoms with Gasteiger partial charge in [-0.15, -0.1) is 0 Å². The molecular formula is C22H36N4O2. The van der Waals surface area contributed by atoms with Gasteiger partial charge in [-0.3, -0.25) is 9.80 Å². The number of fused-ring (bicyclic) bond motifs is 1. The maximum absolute atomic E-state index is 12.3. The predicted molar refractivity (Wildman–Crippen MR) is 112 cm³/mol. The topological polar surface area (TPSA) is 56.8 Å². The van der Waals surface area contributed by atoms with E-state index in [1.807, 2.05) is 0 Å². The van der Waals surface area contributed by atoms with Gasteiger partial charge in [-0.05, 0) is 45.2 Å². The summed E-state index contributed by atoms with van der Waals surface area (Å²) in [5.41, 5.74) is 2.77. The molecule has 1 aromatic rings. The van der Waals surface area contributed by atoms with Crippen LogP contribution < -0.4 is 10.6 Å². The molecule has 3 rings (SSSR count). The molecule has 0 bridgehead atoms. The number of hydrogen-bond acceptors (Lipinski definition) is 4. The smallest absolute Gasteiger partial charge is 0.314 e. The summed E-state index contributed by atoms with van der Waals surface area (Å²) >= 11 is 0. The molecular weight excluding hydrogens is 352 g/mol. The summed E-state index contributed by atoms with van der Waals surface area (Å²) in [6.07, 6.45) is 1.55. The number of hydrogen-bond donors (Lipinski definition) is 2. The van der Waals surface area contributed by atoms with Crippen LogP contribution in [0.3, 0.4) is 0 Å². The standard InChI is InChI=1S/C22H36N4O2/c1-17-13-26(14-18(2)28-17)22(3,4)16-24-21(27)23-10-12-25-11-9-19-7-5-6-8-20(19)15-25/h5-8,17-18H,9-16H2,1-4H3,(H2,23,24,27). The van der Waals surface area contributed by atoms with Crippen molar-refractivity contribution in [3.8, 4) is 0 Å². The summed E-state index contributed by atoms with van der Waals surface area (Å²) in [5.74, 6) is 0. The Balaban J connectivity index is 1.36. The van der Waals surface area contributed by atoms with E-state index in [9.17, 15) is 4.79 Å². The van der Waals surface area contributed by atoms with Gasteiger partial charge in [-0.25, -0.2) is 4.79 Å². The van der Waals surface area contributed by atoms with Crippen molar-refractivity contribution in [1.82, 2.24) is 20.4 Å². The molecule has 2 heterocycles. The lowest BCUT2D eigenvalue weighted by atomic mass is 10.00. The van der Waals surface area contributed by atoms with Crippen molar-refractivity contribution in [2.45, 2.75) is 58.4 Å². The Bertz CT molecular complexity index is 654. The van der Waals surface area contributed by atoms with E-state index in [4.69, 9.17) is 4.74 Å². The van der Waals surface area contributed by atoms with Crippen LogP contribution in [0, 0.1) is 0 Å². The van der Waals surface area contributed by atoms with Crippen LogP contribution in [0.15, 0.2) is 24.3 Å². The molecule has 0 aliphatic carbocycles. The zero-order valence-corrected chi connectivity index (χ0v) is 17.8. The number of nitrogens with zero attached hydrogens (tertiary/aromatic N) is 2. The maximum atomic E-state index is 12.3. The molecule has 2 aliphatic rings. The van der Waals surface area contributed by atoms with Gasteiger partial charge in [0, 0.05) is 51.4 Å². The monoisotopic (exact) mass is 388 g/mol. The summed E-state index contributed by atoms with van der Waals surface area (Å²) in [5, 5.41) is 6.06. The minimum absolute atomic E-state index is 0.0835. The van der Waals surface area contributed by atoms with Crippen LogP contribution in [0.1, 0.15) is 38.8 Å². The van der Waals surface area contributed by atoms with E-state index in [0.717, 1.165) is 39.1 Å². The first-order valence-electron chi connectivity index (χ1n) is 10.5. The maximum Gasteiger partial charge on any atom is 0.314 e. The van der Waals surface area contributed by atoms with Gasteiger partial charge < -0.3 is 15.4 Å². The molecule has 0 radical (unpaired) electrons. The fourth-order valence-electron chi connectivity index (χ4n) is 4.22.